The largest absolute Gasteiger partial charge is 0.480 e. The highest BCUT2D eigenvalue weighted by atomic mass is 16.4. The lowest BCUT2D eigenvalue weighted by atomic mass is 10.3. The zero-order valence-corrected chi connectivity index (χ0v) is 8.63. The number of urea groups is 1. The van der Waals surface area contributed by atoms with Gasteiger partial charge in [-0.3, -0.25) is 4.79 Å². The Bertz CT molecular complexity index is 244. The predicted octanol–water partition coefficient (Wildman–Crippen LogP) is 0.725. The molecule has 0 saturated heterocycles. The number of allylic oxidation sites excluding steroid dienone is 1. The summed E-state index contributed by atoms with van der Waals surface area (Å²) < 4.78 is 0. The molecule has 2 amide bonds. The van der Waals surface area contributed by atoms with Crippen LogP contribution in [0.1, 0.15) is 20.8 Å². The normalized spacial score (nSPS) is 11.4. The van der Waals surface area contributed by atoms with Gasteiger partial charge in [0.15, 0.2) is 0 Å². The van der Waals surface area contributed by atoms with Crippen LogP contribution in [0.2, 0.25) is 0 Å². The smallest absolute Gasteiger partial charge is 0.325 e. The van der Waals surface area contributed by atoms with Gasteiger partial charge in [-0.05, 0) is 20.8 Å². The van der Waals surface area contributed by atoms with Crippen LogP contribution in [0.25, 0.3) is 0 Å². The Hall–Kier alpha value is -1.52. The van der Waals surface area contributed by atoms with Crippen molar-refractivity contribution < 1.29 is 14.7 Å². The molecule has 14 heavy (non-hydrogen) atoms. The number of nitrogens with one attached hydrogen (secondary N) is 2. The molecule has 5 heteroatoms. The molecule has 0 aromatic rings. The maximum absolute atomic E-state index is 11.0. The number of amides is 2. The molecule has 0 unspecified atom stereocenters. The molecule has 0 aliphatic heterocycles. The molecule has 0 aromatic heterocycles. The van der Waals surface area contributed by atoms with E-state index >= 15 is 0 Å². The highest BCUT2D eigenvalue weighted by Crippen LogP contribution is 1.85. The molecule has 0 saturated carbocycles. The Labute approximate surface area is 83.2 Å². The molecule has 0 rings (SSSR count). The highest BCUT2D eigenvalue weighted by Gasteiger charge is 2.12. The van der Waals surface area contributed by atoms with Gasteiger partial charge in [-0.15, -0.1) is 0 Å². The van der Waals surface area contributed by atoms with Gasteiger partial charge >= 0.3 is 12.0 Å². The van der Waals surface area contributed by atoms with E-state index < -0.39 is 18.0 Å². The molecular weight excluding hydrogens is 184 g/mol. The predicted molar refractivity (Wildman–Crippen MR) is 53.1 cm³/mol. The van der Waals surface area contributed by atoms with E-state index in [1.165, 1.54) is 6.92 Å². The second kappa shape index (κ2) is 6.01. The Morgan fingerprint density at radius 2 is 2.00 bits per heavy atom. The Morgan fingerprint density at radius 3 is 2.43 bits per heavy atom. The Morgan fingerprint density at radius 1 is 1.43 bits per heavy atom. The van der Waals surface area contributed by atoms with Crippen LogP contribution in [0.15, 0.2) is 11.6 Å². The van der Waals surface area contributed by atoms with E-state index in [-0.39, 0.29) is 0 Å². The number of carboxylic acids is 1. The SMILES string of the molecule is CC(C)=CCNC(=O)N[C@@H](C)C(=O)O. The second-order valence-corrected chi connectivity index (χ2v) is 3.20. The van der Waals surface area contributed by atoms with Crippen molar-refractivity contribution >= 4 is 12.0 Å². The number of hydrogen-bond donors (Lipinski definition) is 3. The van der Waals surface area contributed by atoms with Gasteiger partial charge in [0.1, 0.15) is 6.04 Å². The van der Waals surface area contributed by atoms with Crippen LogP contribution in [0.5, 0.6) is 0 Å². The van der Waals surface area contributed by atoms with Crippen LogP contribution in [0.4, 0.5) is 4.79 Å². The van der Waals surface area contributed by atoms with E-state index in [0.29, 0.717) is 6.54 Å². The molecule has 5 nitrogen and oxygen atoms in total. The summed E-state index contributed by atoms with van der Waals surface area (Å²) in [6.45, 7) is 5.64. The summed E-state index contributed by atoms with van der Waals surface area (Å²) in [6.07, 6.45) is 1.84. The fraction of sp³-hybridized carbons (Fsp3) is 0.556. The summed E-state index contributed by atoms with van der Waals surface area (Å²) >= 11 is 0. The molecule has 0 aromatic carbocycles. The van der Waals surface area contributed by atoms with Crippen LogP contribution >= 0.6 is 0 Å². The van der Waals surface area contributed by atoms with Crippen molar-refractivity contribution in [3.8, 4) is 0 Å². The van der Waals surface area contributed by atoms with Gasteiger partial charge in [0.05, 0.1) is 0 Å². The molecule has 80 valence electrons. The van der Waals surface area contributed by atoms with E-state index in [1.54, 1.807) is 0 Å². The third kappa shape index (κ3) is 6.05. The van der Waals surface area contributed by atoms with Crippen molar-refractivity contribution in [1.29, 1.82) is 0 Å². The van der Waals surface area contributed by atoms with Crippen molar-refractivity contribution in [3.05, 3.63) is 11.6 Å². The molecule has 3 N–H and O–H groups in total. The third-order valence-corrected chi connectivity index (χ3v) is 1.49. The third-order valence-electron chi connectivity index (χ3n) is 1.49. The lowest BCUT2D eigenvalue weighted by Gasteiger charge is -2.09. The second-order valence-electron chi connectivity index (χ2n) is 3.20. The average Bonchev–Trinajstić information content (AvgIpc) is 2.02. The molecule has 0 aliphatic carbocycles. The minimum atomic E-state index is -1.05. The highest BCUT2D eigenvalue weighted by molar-refractivity contribution is 5.82. The summed E-state index contributed by atoms with van der Waals surface area (Å²) in [4.78, 5) is 21.4. The first-order chi connectivity index (χ1) is 6.43. The standard InChI is InChI=1S/C9H16N2O3/c1-6(2)4-5-10-9(14)11-7(3)8(12)13/h4,7H,5H2,1-3H3,(H,12,13)(H2,10,11,14)/t7-/m0/s1. The lowest BCUT2D eigenvalue weighted by molar-refractivity contribution is -0.138. The number of carbonyl (C=O) groups is 2. The number of carboxylic acid groups (broad SMARTS) is 1. The van der Waals surface area contributed by atoms with E-state index in [9.17, 15) is 9.59 Å². The Balaban J connectivity index is 3.77. The number of carbonyl (C=O) groups excluding carboxylic acids is 1. The summed E-state index contributed by atoms with van der Waals surface area (Å²) in [7, 11) is 0. The zero-order valence-electron chi connectivity index (χ0n) is 8.63. The fourth-order valence-electron chi connectivity index (χ4n) is 0.657. The topological polar surface area (TPSA) is 78.4 Å². The maximum atomic E-state index is 11.0. The van der Waals surface area contributed by atoms with Gasteiger partial charge in [0, 0.05) is 6.54 Å². The quantitative estimate of drug-likeness (QED) is 0.585. The van der Waals surface area contributed by atoms with Crippen LogP contribution < -0.4 is 10.6 Å². The number of aliphatic carboxylic acids is 1. The van der Waals surface area contributed by atoms with Crippen LogP contribution in [0, 0.1) is 0 Å². The van der Waals surface area contributed by atoms with Crippen molar-refractivity contribution in [2.45, 2.75) is 26.8 Å². The monoisotopic (exact) mass is 200 g/mol. The van der Waals surface area contributed by atoms with Gasteiger partial charge in [0.25, 0.3) is 0 Å². The molecule has 0 radical (unpaired) electrons. The molecule has 0 fully saturated rings. The zero-order chi connectivity index (χ0) is 11.1. The molecule has 0 heterocycles. The van der Waals surface area contributed by atoms with E-state index in [2.05, 4.69) is 10.6 Å². The van der Waals surface area contributed by atoms with Crippen LogP contribution in [0.3, 0.4) is 0 Å². The van der Waals surface area contributed by atoms with Crippen molar-refractivity contribution in [1.82, 2.24) is 10.6 Å². The van der Waals surface area contributed by atoms with E-state index in [1.807, 2.05) is 19.9 Å². The van der Waals surface area contributed by atoms with Gasteiger partial charge < -0.3 is 15.7 Å². The summed E-state index contributed by atoms with van der Waals surface area (Å²) in [5.74, 6) is -1.05. The van der Waals surface area contributed by atoms with Gasteiger partial charge in [-0.1, -0.05) is 11.6 Å². The van der Waals surface area contributed by atoms with Gasteiger partial charge in [-0.2, -0.15) is 0 Å². The minimum Gasteiger partial charge on any atom is -0.480 e. The summed E-state index contributed by atoms with van der Waals surface area (Å²) in [5.41, 5.74) is 1.09. The van der Waals surface area contributed by atoms with Gasteiger partial charge in [-0.25, -0.2) is 4.79 Å². The Kier molecular flexibility index (Phi) is 5.36. The molecule has 0 bridgehead atoms. The average molecular weight is 200 g/mol. The molecular formula is C9H16N2O3. The molecule has 1 atom stereocenters. The van der Waals surface area contributed by atoms with Crippen molar-refractivity contribution in [3.63, 3.8) is 0 Å². The van der Waals surface area contributed by atoms with Crippen LogP contribution in [-0.4, -0.2) is 29.7 Å². The van der Waals surface area contributed by atoms with E-state index in [0.717, 1.165) is 5.57 Å². The number of rotatable bonds is 4. The summed E-state index contributed by atoms with van der Waals surface area (Å²) in [5, 5.41) is 13.3. The molecule has 0 aliphatic rings. The first-order valence-corrected chi connectivity index (χ1v) is 4.34. The lowest BCUT2D eigenvalue weighted by Crippen LogP contribution is -2.44. The fourth-order valence-corrected chi connectivity index (χ4v) is 0.657. The van der Waals surface area contributed by atoms with E-state index in [4.69, 9.17) is 5.11 Å². The van der Waals surface area contributed by atoms with Crippen LogP contribution in [-0.2, 0) is 4.79 Å². The van der Waals surface area contributed by atoms with Crippen molar-refractivity contribution in [2.75, 3.05) is 6.54 Å². The first-order valence-electron chi connectivity index (χ1n) is 4.34. The van der Waals surface area contributed by atoms with Crippen molar-refractivity contribution in [2.24, 2.45) is 0 Å². The maximum Gasteiger partial charge on any atom is 0.325 e. The van der Waals surface area contributed by atoms with Gasteiger partial charge in [0.2, 0.25) is 0 Å². The minimum absolute atomic E-state index is 0.403. The number of hydrogen-bond acceptors (Lipinski definition) is 2. The first kappa shape index (κ1) is 12.5. The molecule has 0 spiro atoms. The summed E-state index contributed by atoms with van der Waals surface area (Å²) in [6, 6.07) is -1.35.